The van der Waals surface area contributed by atoms with Crippen molar-refractivity contribution >= 4 is 41.5 Å². The molecule has 1 heterocycles. The Kier molecular flexibility index (Phi) is 19.4. The molecule has 204 valence electrons. The van der Waals surface area contributed by atoms with Crippen LogP contribution in [0.15, 0.2) is 12.2 Å². The number of nitrogens with two attached hydrogens (primary N) is 2. The molecule has 1 atom stereocenters. The summed E-state index contributed by atoms with van der Waals surface area (Å²) in [5.41, 5.74) is 9.68. The first-order valence-corrected chi connectivity index (χ1v) is 11.6. The van der Waals surface area contributed by atoms with Gasteiger partial charge in [0.2, 0.25) is 11.8 Å². The van der Waals surface area contributed by atoms with Crippen LogP contribution in [0.25, 0.3) is 0 Å². The zero-order valence-corrected chi connectivity index (χ0v) is 21.3. The van der Waals surface area contributed by atoms with E-state index in [4.69, 9.17) is 11.5 Å². The third kappa shape index (κ3) is 17.5. The third-order valence-corrected chi connectivity index (χ3v) is 4.14. The molecule has 0 saturated heterocycles. The molecule has 0 aliphatic carbocycles. The smallest absolute Gasteiger partial charge is 0.312 e. The number of rotatable bonds is 13. The number of carbonyl (C=O) groups excluding carboxylic acids is 7. The van der Waals surface area contributed by atoms with Crippen molar-refractivity contribution in [2.45, 2.75) is 59.4 Å². The lowest BCUT2D eigenvalue weighted by Crippen LogP contribution is -2.48. The molecular weight excluding hydrogens is 474 g/mol. The van der Waals surface area contributed by atoms with Gasteiger partial charge in [-0.1, -0.05) is 20.8 Å². The van der Waals surface area contributed by atoms with Crippen molar-refractivity contribution in [1.29, 1.82) is 0 Å². The van der Waals surface area contributed by atoms with Crippen molar-refractivity contribution < 1.29 is 33.6 Å². The molecule has 1 aliphatic heterocycles. The van der Waals surface area contributed by atoms with Crippen LogP contribution in [0.5, 0.6) is 0 Å². The van der Waals surface area contributed by atoms with E-state index in [9.17, 15) is 33.6 Å². The molecule has 0 saturated carbocycles. The highest BCUT2D eigenvalue weighted by molar-refractivity contribution is 6.13. The molecule has 0 bridgehead atoms. The van der Waals surface area contributed by atoms with E-state index in [0.29, 0.717) is 13.0 Å². The van der Waals surface area contributed by atoms with Crippen LogP contribution in [0.4, 0.5) is 9.59 Å². The molecule has 36 heavy (non-hydrogen) atoms. The minimum atomic E-state index is -0.936. The van der Waals surface area contributed by atoms with Gasteiger partial charge in [0.05, 0.1) is 6.54 Å². The zero-order valence-electron chi connectivity index (χ0n) is 21.3. The van der Waals surface area contributed by atoms with Gasteiger partial charge in [-0.2, -0.15) is 0 Å². The average Bonchev–Trinajstić information content (AvgIpc) is 3.15. The molecule has 1 unspecified atom stereocenters. The number of nitrogens with one attached hydrogen (secondary N) is 4. The molecule has 14 heteroatoms. The summed E-state index contributed by atoms with van der Waals surface area (Å²) in [6.07, 6.45) is 3.54. The Morgan fingerprint density at radius 2 is 1.44 bits per heavy atom. The molecule has 0 aromatic carbocycles. The molecule has 0 aromatic heterocycles. The fourth-order valence-corrected chi connectivity index (χ4v) is 2.50. The lowest BCUT2D eigenvalue weighted by atomic mass is 10.1. The number of ketones is 1. The number of primary amides is 2. The quantitative estimate of drug-likeness (QED) is 0.133. The number of carbonyl (C=O) groups is 7. The Labute approximate surface area is 210 Å². The molecule has 8 amide bonds. The normalized spacial score (nSPS) is 12.3. The number of hydrogen-bond donors (Lipinski definition) is 6. The maximum atomic E-state index is 12.2. The largest absolute Gasteiger partial charge is 0.352 e. The van der Waals surface area contributed by atoms with Crippen LogP contribution < -0.4 is 32.7 Å². The standard InChI is InChI=1S/C16H23N5O6.C4H10N2O.C2H6/c1-10(22)9-19-15(26)11(3-2-7-18-16(17)27)20-12(23)6-8-21-13(24)4-5-14(21)25;1-2-3-6-4(5)7;1-2/h4-5,11H,2-3,6-9H2,1H3,(H,19,26)(H,20,23)(H3,17,18,27);2-3H2,1H3,(H3,5,6,7);1-2H3. The fraction of sp³-hybridized carbons (Fsp3) is 0.591. The van der Waals surface area contributed by atoms with Crippen LogP contribution in [-0.2, 0) is 24.0 Å². The Balaban J connectivity index is 0. The molecule has 0 fully saturated rings. The van der Waals surface area contributed by atoms with Crippen molar-refractivity contribution in [2.75, 3.05) is 26.2 Å². The number of hydrogen-bond acceptors (Lipinski definition) is 7. The van der Waals surface area contributed by atoms with Gasteiger partial charge in [-0.05, 0) is 26.2 Å². The zero-order chi connectivity index (χ0) is 28.1. The van der Waals surface area contributed by atoms with Crippen LogP contribution in [-0.4, -0.2) is 78.6 Å². The van der Waals surface area contributed by atoms with Gasteiger partial charge in [-0.15, -0.1) is 0 Å². The molecule has 1 rings (SSSR count). The predicted molar refractivity (Wildman–Crippen MR) is 132 cm³/mol. The fourth-order valence-electron chi connectivity index (χ4n) is 2.50. The number of Topliss-reactive ketones (excluding diaryl/α,β-unsaturated/α-hetero) is 1. The van der Waals surface area contributed by atoms with E-state index in [1.807, 2.05) is 20.8 Å². The van der Waals surface area contributed by atoms with Crippen molar-refractivity contribution in [3.05, 3.63) is 12.2 Å². The lowest BCUT2D eigenvalue weighted by molar-refractivity contribution is -0.137. The van der Waals surface area contributed by atoms with Crippen molar-refractivity contribution in [2.24, 2.45) is 11.5 Å². The number of urea groups is 2. The van der Waals surface area contributed by atoms with E-state index in [1.54, 1.807) is 0 Å². The van der Waals surface area contributed by atoms with E-state index in [0.717, 1.165) is 23.5 Å². The Morgan fingerprint density at radius 1 is 0.917 bits per heavy atom. The molecule has 8 N–H and O–H groups in total. The van der Waals surface area contributed by atoms with Crippen LogP contribution in [0.2, 0.25) is 0 Å². The SMILES string of the molecule is CC.CC(=O)CNC(=O)C(CCCNC(N)=O)NC(=O)CCN1C(=O)C=CC1=O.CCCNC(N)=O. The Hall–Kier alpha value is -3.97. The van der Waals surface area contributed by atoms with Gasteiger partial charge in [-0.25, -0.2) is 9.59 Å². The van der Waals surface area contributed by atoms with E-state index < -0.39 is 41.7 Å². The first kappa shape index (κ1) is 34.2. The van der Waals surface area contributed by atoms with Gasteiger partial charge in [0, 0.05) is 38.2 Å². The van der Waals surface area contributed by atoms with Crippen molar-refractivity contribution in [3.8, 4) is 0 Å². The topological polar surface area (TPSA) is 223 Å². The van der Waals surface area contributed by atoms with Crippen LogP contribution in [0.1, 0.15) is 53.4 Å². The summed E-state index contributed by atoms with van der Waals surface area (Å²) in [7, 11) is 0. The van der Waals surface area contributed by atoms with E-state index in [2.05, 4.69) is 21.3 Å². The summed E-state index contributed by atoms with van der Waals surface area (Å²) in [6, 6.07) is -2.08. The number of amides is 8. The van der Waals surface area contributed by atoms with Gasteiger partial charge in [0.1, 0.15) is 11.8 Å². The van der Waals surface area contributed by atoms with Gasteiger partial charge in [-0.3, -0.25) is 28.9 Å². The minimum absolute atomic E-state index is 0.110. The molecule has 14 nitrogen and oxygen atoms in total. The molecular formula is C22H39N7O7. The molecule has 1 aliphatic rings. The van der Waals surface area contributed by atoms with Gasteiger partial charge >= 0.3 is 12.1 Å². The van der Waals surface area contributed by atoms with Crippen LogP contribution in [0.3, 0.4) is 0 Å². The Morgan fingerprint density at radius 3 is 1.89 bits per heavy atom. The van der Waals surface area contributed by atoms with Crippen LogP contribution >= 0.6 is 0 Å². The maximum Gasteiger partial charge on any atom is 0.312 e. The van der Waals surface area contributed by atoms with Gasteiger partial charge in [0.25, 0.3) is 11.8 Å². The molecule has 0 radical (unpaired) electrons. The second kappa shape index (κ2) is 20.4. The average molecular weight is 514 g/mol. The van der Waals surface area contributed by atoms with E-state index >= 15 is 0 Å². The first-order valence-electron chi connectivity index (χ1n) is 11.6. The lowest BCUT2D eigenvalue weighted by Gasteiger charge is -2.19. The number of nitrogens with zero attached hydrogens (tertiary/aromatic N) is 1. The molecule has 0 aromatic rings. The highest BCUT2D eigenvalue weighted by atomic mass is 16.2. The van der Waals surface area contributed by atoms with Crippen molar-refractivity contribution in [3.63, 3.8) is 0 Å². The second-order valence-electron chi connectivity index (χ2n) is 7.18. The summed E-state index contributed by atoms with van der Waals surface area (Å²) in [6.45, 7) is 7.88. The third-order valence-electron chi connectivity index (χ3n) is 4.14. The highest BCUT2D eigenvalue weighted by Gasteiger charge is 2.25. The van der Waals surface area contributed by atoms with Gasteiger partial charge in [0.15, 0.2) is 0 Å². The minimum Gasteiger partial charge on any atom is -0.352 e. The summed E-state index contributed by atoms with van der Waals surface area (Å²) in [4.78, 5) is 79.6. The summed E-state index contributed by atoms with van der Waals surface area (Å²) in [5, 5.41) is 9.71. The monoisotopic (exact) mass is 513 g/mol. The van der Waals surface area contributed by atoms with Gasteiger partial charge < -0.3 is 32.7 Å². The van der Waals surface area contributed by atoms with Crippen LogP contribution in [0, 0.1) is 0 Å². The predicted octanol–water partition coefficient (Wildman–Crippen LogP) is -0.969. The van der Waals surface area contributed by atoms with Crippen molar-refractivity contribution in [1.82, 2.24) is 26.2 Å². The summed E-state index contributed by atoms with van der Waals surface area (Å²) in [5.74, 6) is -2.33. The first-order chi connectivity index (χ1) is 17.0. The molecule has 0 spiro atoms. The highest BCUT2D eigenvalue weighted by Crippen LogP contribution is 2.05. The maximum absolute atomic E-state index is 12.2. The Bertz CT molecular complexity index is 782. The summed E-state index contributed by atoms with van der Waals surface area (Å²) < 4.78 is 0. The van der Waals surface area contributed by atoms with E-state index in [-0.39, 0.29) is 38.3 Å². The van der Waals surface area contributed by atoms with E-state index in [1.165, 1.54) is 6.92 Å². The number of imide groups is 1. The summed E-state index contributed by atoms with van der Waals surface area (Å²) >= 11 is 0. The second-order valence-corrected chi connectivity index (χ2v) is 7.18.